The third-order valence-corrected chi connectivity index (χ3v) is 4.24. The van der Waals surface area contributed by atoms with E-state index in [9.17, 15) is 4.79 Å². The van der Waals surface area contributed by atoms with Crippen LogP contribution in [0.2, 0.25) is 0 Å². The molecule has 2 nitrogen and oxygen atoms in total. The minimum Gasteiger partial charge on any atom is -0.462 e. The van der Waals surface area contributed by atoms with E-state index in [1.165, 1.54) is 56.9 Å². The molecule has 0 fully saturated rings. The average Bonchev–Trinajstić information content (AvgIpc) is 2.58. The number of esters is 1. The van der Waals surface area contributed by atoms with Crippen molar-refractivity contribution in [3.63, 3.8) is 0 Å². The normalized spacial score (nSPS) is 10.7. The average molecular weight is 319 g/mol. The lowest BCUT2D eigenvalue weighted by atomic mass is 10.1. The molecule has 0 bridgehead atoms. The van der Waals surface area contributed by atoms with Gasteiger partial charge in [0.25, 0.3) is 0 Å². The van der Waals surface area contributed by atoms with Crippen LogP contribution in [0.1, 0.15) is 94.0 Å². The second-order valence-corrected chi connectivity index (χ2v) is 6.41. The molecule has 0 amide bonds. The molecule has 0 aliphatic heterocycles. The van der Waals surface area contributed by atoms with Gasteiger partial charge >= 0.3 is 5.97 Å². The molecular weight excluding hydrogens is 284 g/mol. The van der Waals surface area contributed by atoms with E-state index in [4.69, 9.17) is 4.74 Å². The van der Waals surface area contributed by atoms with Gasteiger partial charge in [0.15, 0.2) is 0 Å². The van der Waals surface area contributed by atoms with Crippen molar-refractivity contribution in [3.05, 3.63) is 35.4 Å². The van der Waals surface area contributed by atoms with Crippen LogP contribution in [0.5, 0.6) is 0 Å². The molecule has 0 heterocycles. The number of carbonyl (C=O) groups is 1. The van der Waals surface area contributed by atoms with Crippen LogP contribution in [0.25, 0.3) is 0 Å². The minimum absolute atomic E-state index is 0.185. The molecule has 0 saturated heterocycles. The number of benzene rings is 1. The number of carbonyl (C=O) groups excluding carboxylic acids is 1. The zero-order valence-electron chi connectivity index (χ0n) is 15.1. The number of aryl methyl sites for hydroxylation is 1. The Morgan fingerprint density at radius 2 is 1.35 bits per heavy atom. The van der Waals surface area contributed by atoms with Gasteiger partial charge in [-0.15, -0.1) is 0 Å². The molecule has 0 spiro atoms. The van der Waals surface area contributed by atoms with Crippen molar-refractivity contribution in [3.8, 4) is 0 Å². The van der Waals surface area contributed by atoms with E-state index in [2.05, 4.69) is 13.8 Å². The lowest BCUT2D eigenvalue weighted by Gasteiger charge is -2.06. The Kier molecular flexibility index (Phi) is 11.3. The monoisotopic (exact) mass is 318 g/mol. The fourth-order valence-corrected chi connectivity index (χ4v) is 2.67. The van der Waals surface area contributed by atoms with E-state index >= 15 is 0 Å². The smallest absolute Gasteiger partial charge is 0.338 e. The van der Waals surface area contributed by atoms with Gasteiger partial charge < -0.3 is 4.74 Å². The maximum absolute atomic E-state index is 12.0. The molecule has 0 aliphatic carbocycles. The van der Waals surface area contributed by atoms with E-state index in [1.54, 1.807) is 0 Å². The molecule has 0 radical (unpaired) electrons. The predicted molar refractivity (Wildman–Crippen MR) is 97.9 cm³/mol. The van der Waals surface area contributed by atoms with Gasteiger partial charge in [-0.1, -0.05) is 77.3 Å². The summed E-state index contributed by atoms with van der Waals surface area (Å²) < 4.78 is 5.36. The largest absolute Gasteiger partial charge is 0.462 e. The first-order chi connectivity index (χ1) is 11.3. The van der Waals surface area contributed by atoms with E-state index < -0.39 is 0 Å². The van der Waals surface area contributed by atoms with Gasteiger partial charge in [0.05, 0.1) is 12.2 Å². The molecule has 0 unspecified atom stereocenters. The Bertz CT molecular complexity index is 408. The Morgan fingerprint density at radius 1 is 0.783 bits per heavy atom. The van der Waals surface area contributed by atoms with Gasteiger partial charge in [-0.05, 0) is 37.0 Å². The molecule has 2 heteroatoms. The Morgan fingerprint density at radius 3 is 1.96 bits per heavy atom. The zero-order chi connectivity index (χ0) is 16.8. The van der Waals surface area contributed by atoms with Crippen molar-refractivity contribution in [2.75, 3.05) is 6.61 Å². The van der Waals surface area contributed by atoms with Gasteiger partial charge in [-0.3, -0.25) is 0 Å². The highest BCUT2D eigenvalue weighted by Crippen LogP contribution is 2.11. The first kappa shape index (κ1) is 19.7. The number of hydrogen-bond donors (Lipinski definition) is 0. The molecule has 0 atom stereocenters. The predicted octanol–water partition coefficient (Wildman–Crippen LogP) is 6.33. The second kappa shape index (κ2) is 13.2. The Hall–Kier alpha value is -1.31. The van der Waals surface area contributed by atoms with Crippen LogP contribution in [0.15, 0.2) is 24.3 Å². The minimum atomic E-state index is -0.185. The maximum Gasteiger partial charge on any atom is 0.338 e. The van der Waals surface area contributed by atoms with Crippen LogP contribution < -0.4 is 0 Å². The molecule has 130 valence electrons. The van der Waals surface area contributed by atoms with E-state index in [1.807, 2.05) is 24.3 Å². The summed E-state index contributed by atoms with van der Waals surface area (Å²) in [4.78, 5) is 12.0. The van der Waals surface area contributed by atoms with E-state index in [-0.39, 0.29) is 5.97 Å². The van der Waals surface area contributed by atoms with Crippen molar-refractivity contribution in [1.29, 1.82) is 0 Å². The first-order valence-corrected chi connectivity index (χ1v) is 9.54. The van der Waals surface area contributed by atoms with Crippen LogP contribution >= 0.6 is 0 Å². The van der Waals surface area contributed by atoms with Gasteiger partial charge in [0.2, 0.25) is 0 Å². The highest BCUT2D eigenvalue weighted by atomic mass is 16.5. The van der Waals surface area contributed by atoms with E-state index in [0.717, 1.165) is 19.3 Å². The number of ether oxygens (including phenoxy) is 1. The summed E-state index contributed by atoms with van der Waals surface area (Å²) in [6.07, 6.45) is 13.6. The summed E-state index contributed by atoms with van der Waals surface area (Å²) in [6.45, 7) is 4.98. The third kappa shape index (κ3) is 9.43. The maximum atomic E-state index is 12.0. The highest BCUT2D eigenvalue weighted by Gasteiger charge is 2.06. The molecule has 23 heavy (non-hydrogen) atoms. The fourth-order valence-electron chi connectivity index (χ4n) is 2.67. The van der Waals surface area contributed by atoms with Crippen LogP contribution in [0, 0.1) is 0 Å². The molecule has 0 aromatic heterocycles. The standard InChI is InChI=1S/C21H34O2/c1-3-5-7-8-9-10-11-12-18-23-21(22)20-16-14-19(15-17-20)13-6-4-2/h14-17H,3-13,18H2,1-2H3. The Labute approximate surface area is 142 Å². The SMILES string of the molecule is CCCCCCCCCCOC(=O)c1ccc(CCCC)cc1. The summed E-state index contributed by atoms with van der Waals surface area (Å²) in [5.74, 6) is -0.185. The van der Waals surface area contributed by atoms with Crippen LogP contribution in [0.3, 0.4) is 0 Å². The molecular formula is C21H34O2. The molecule has 0 aliphatic rings. The van der Waals surface area contributed by atoms with E-state index in [0.29, 0.717) is 12.2 Å². The van der Waals surface area contributed by atoms with Gasteiger partial charge in [-0.2, -0.15) is 0 Å². The van der Waals surface area contributed by atoms with Gasteiger partial charge in [-0.25, -0.2) is 4.79 Å². The summed E-state index contributed by atoms with van der Waals surface area (Å²) in [7, 11) is 0. The third-order valence-electron chi connectivity index (χ3n) is 4.24. The van der Waals surface area contributed by atoms with Crippen molar-refractivity contribution in [2.24, 2.45) is 0 Å². The van der Waals surface area contributed by atoms with Crippen molar-refractivity contribution >= 4 is 5.97 Å². The van der Waals surface area contributed by atoms with Crippen molar-refractivity contribution in [2.45, 2.75) is 84.5 Å². The first-order valence-electron chi connectivity index (χ1n) is 9.54. The fraction of sp³-hybridized carbons (Fsp3) is 0.667. The summed E-state index contributed by atoms with van der Waals surface area (Å²) in [6, 6.07) is 7.87. The lowest BCUT2D eigenvalue weighted by Crippen LogP contribution is -2.06. The number of rotatable bonds is 13. The van der Waals surface area contributed by atoms with Crippen molar-refractivity contribution in [1.82, 2.24) is 0 Å². The number of unbranched alkanes of at least 4 members (excludes halogenated alkanes) is 8. The molecule has 1 aromatic carbocycles. The Balaban J connectivity index is 2.09. The lowest BCUT2D eigenvalue weighted by molar-refractivity contribution is 0.0497. The van der Waals surface area contributed by atoms with Crippen LogP contribution in [0.4, 0.5) is 0 Å². The zero-order valence-corrected chi connectivity index (χ0v) is 15.1. The van der Waals surface area contributed by atoms with Crippen LogP contribution in [-0.2, 0) is 11.2 Å². The summed E-state index contributed by atoms with van der Waals surface area (Å²) in [5, 5.41) is 0. The molecule has 0 N–H and O–H groups in total. The van der Waals surface area contributed by atoms with Crippen LogP contribution in [-0.4, -0.2) is 12.6 Å². The second-order valence-electron chi connectivity index (χ2n) is 6.41. The summed E-state index contributed by atoms with van der Waals surface area (Å²) >= 11 is 0. The summed E-state index contributed by atoms with van der Waals surface area (Å²) in [5.41, 5.74) is 1.97. The highest BCUT2D eigenvalue weighted by molar-refractivity contribution is 5.89. The van der Waals surface area contributed by atoms with Gasteiger partial charge in [0, 0.05) is 0 Å². The van der Waals surface area contributed by atoms with Gasteiger partial charge in [0.1, 0.15) is 0 Å². The number of hydrogen-bond acceptors (Lipinski definition) is 2. The molecule has 1 aromatic rings. The molecule has 0 saturated carbocycles. The molecule has 1 rings (SSSR count). The van der Waals surface area contributed by atoms with Crippen molar-refractivity contribution < 1.29 is 9.53 Å². The topological polar surface area (TPSA) is 26.3 Å². The quantitative estimate of drug-likeness (QED) is 0.314.